The molecule has 176 valence electrons. The number of Topliss-reactive ketones (excluding diaryl/α,β-unsaturated/α-hetero) is 1. The molecular formula is C30H34O3Si. The Kier molecular flexibility index (Phi) is 11.0. The van der Waals surface area contributed by atoms with Gasteiger partial charge in [-0.25, -0.2) is 4.79 Å². The van der Waals surface area contributed by atoms with Crippen LogP contribution in [0.3, 0.4) is 0 Å². The van der Waals surface area contributed by atoms with E-state index in [-0.39, 0.29) is 18.4 Å². The van der Waals surface area contributed by atoms with E-state index in [1.54, 1.807) is 36.4 Å². The molecule has 0 fully saturated rings. The predicted molar refractivity (Wildman–Crippen MR) is 144 cm³/mol. The van der Waals surface area contributed by atoms with Crippen LogP contribution in [0.4, 0.5) is 0 Å². The van der Waals surface area contributed by atoms with Crippen molar-refractivity contribution in [3.63, 3.8) is 0 Å². The predicted octanol–water partition coefficient (Wildman–Crippen LogP) is 6.92. The van der Waals surface area contributed by atoms with Crippen LogP contribution in [0.2, 0.25) is 18.1 Å². The van der Waals surface area contributed by atoms with Gasteiger partial charge >= 0.3 is 5.97 Å². The minimum atomic E-state index is -1.76. The molecule has 0 aromatic heterocycles. The summed E-state index contributed by atoms with van der Waals surface area (Å²) < 4.78 is 5.42. The molecule has 0 atom stereocenters. The van der Waals surface area contributed by atoms with Crippen LogP contribution in [0.1, 0.15) is 42.1 Å². The van der Waals surface area contributed by atoms with Gasteiger partial charge < -0.3 is 4.74 Å². The lowest BCUT2D eigenvalue weighted by Crippen LogP contribution is -2.29. The summed E-state index contributed by atoms with van der Waals surface area (Å²) >= 11 is 0. The van der Waals surface area contributed by atoms with E-state index in [0.717, 1.165) is 47.7 Å². The average Bonchev–Trinajstić information content (AvgIpc) is 2.82. The third-order valence-corrected chi connectivity index (χ3v) is 10.1. The normalized spacial score (nSPS) is 14.1. The molecule has 1 aliphatic rings. The Bertz CT molecular complexity index is 1030. The molecule has 34 heavy (non-hydrogen) atoms. The second-order valence-electron chi connectivity index (χ2n) is 8.49. The van der Waals surface area contributed by atoms with Gasteiger partial charge in [0.2, 0.25) is 0 Å². The van der Waals surface area contributed by atoms with Gasteiger partial charge in [-0.2, -0.15) is 0 Å². The number of ketones is 1. The number of benzene rings is 1. The first kappa shape index (κ1) is 26.8. The standard InChI is InChI=1S/C30H34O3Si/c1-5-21-34(22-6-2,23-7-3)24-11-20-33-30(32)27-18-16-26(17-19-27)13-8-9-14-28-25(4)12-10-15-29(28)31/h5-7,9,11,14,16-19,24H,1-3,10,12,15,20-23H2,4H3. The Hall–Kier alpha value is -3.42. The monoisotopic (exact) mass is 470 g/mol. The van der Waals surface area contributed by atoms with Crippen LogP contribution in [0, 0.1) is 11.8 Å². The smallest absolute Gasteiger partial charge is 0.338 e. The number of carbonyl (C=O) groups excluding carboxylic acids is 2. The van der Waals surface area contributed by atoms with Crippen molar-refractivity contribution in [1.29, 1.82) is 0 Å². The van der Waals surface area contributed by atoms with Gasteiger partial charge in [-0.15, -0.1) is 19.7 Å². The van der Waals surface area contributed by atoms with Gasteiger partial charge in [-0.05, 0) is 74.3 Å². The fourth-order valence-corrected chi connectivity index (χ4v) is 7.25. The number of allylic oxidation sites excluding steroid dienone is 7. The molecule has 0 amide bonds. The maximum absolute atomic E-state index is 12.4. The van der Waals surface area contributed by atoms with Crippen molar-refractivity contribution in [2.75, 3.05) is 6.61 Å². The second kappa shape index (κ2) is 14.0. The first-order valence-corrected chi connectivity index (χ1v) is 14.3. The van der Waals surface area contributed by atoms with Crippen molar-refractivity contribution < 1.29 is 14.3 Å². The van der Waals surface area contributed by atoms with Crippen molar-refractivity contribution >= 4 is 19.8 Å². The highest BCUT2D eigenvalue weighted by Gasteiger charge is 2.25. The van der Waals surface area contributed by atoms with E-state index in [0.29, 0.717) is 12.0 Å². The molecule has 4 heteroatoms. The van der Waals surface area contributed by atoms with Crippen LogP contribution >= 0.6 is 0 Å². The first-order valence-electron chi connectivity index (χ1n) is 11.6. The lowest BCUT2D eigenvalue weighted by molar-refractivity contribution is -0.115. The van der Waals surface area contributed by atoms with Gasteiger partial charge in [0.05, 0.1) is 13.6 Å². The van der Waals surface area contributed by atoms with Crippen LogP contribution in [-0.4, -0.2) is 26.4 Å². The summed E-state index contributed by atoms with van der Waals surface area (Å²) in [4.78, 5) is 24.4. The molecule has 1 aromatic rings. The van der Waals surface area contributed by atoms with Crippen molar-refractivity contribution in [1.82, 2.24) is 0 Å². The molecule has 2 rings (SSSR count). The molecule has 0 bridgehead atoms. The lowest BCUT2D eigenvalue weighted by atomic mass is 9.91. The topological polar surface area (TPSA) is 43.4 Å². The molecule has 1 aliphatic carbocycles. The number of esters is 1. The van der Waals surface area contributed by atoms with E-state index in [1.807, 2.05) is 31.2 Å². The van der Waals surface area contributed by atoms with E-state index < -0.39 is 8.07 Å². The van der Waals surface area contributed by atoms with Gasteiger partial charge in [0.25, 0.3) is 0 Å². The Morgan fingerprint density at radius 3 is 2.29 bits per heavy atom. The highest BCUT2D eigenvalue weighted by atomic mass is 28.3. The van der Waals surface area contributed by atoms with E-state index in [1.165, 1.54) is 0 Å². The van der Waals surface area contributed by atoms with E-state index >= 15 is 0 Å². The van der Waals surface area contributed by atoms with E-state index in [4.69, 9.17) is 4.74 Å². The molecule has 0 saturated heterocycles. The SMILES string of the molecule is C=CC[Si](C=CCOC(=O)c1ccc(C#CC=CC2=C(C)CCCC2=O)cc1)(CC=C)CC=C. The summed E-state index contributed by atoms with van der Waals surface area (Å²) in [5.74, 6) is 5.82. The fraction of sp³-hybridized carbons (Fsp3) is 0.267. The molecular weight excluding hydrogens is 436 g/mol. The molecule has 1 aromatic carbocycles. The molecule has 0 aliphatic heterocycles. The number of ether oxygens (including phenoxy) is 1. The molecule has 0 heterocycles. The van der Waals surface area contributed by atoms with Gasteiger partial charge in [0.1, 0.15) is 6.61 Å². The molecule has 0 N–H and O–H groups in total. The van der Waals surface area contributed by atoms with Gasteiger partial charge in [0, 0.05) is 17.6 Å². The second-order valence-corrected chi connectivity index (χ2v) is 12.8. The van der Waals surface area contributed by atoms with Gasteiger partial charge in [0.15, 0.2) is 5.78 Å². The number of rotatable bonds is 11. The summed E-state index contributed by atoms with van der Waals surface area (Å²) in [5, 5.41) is 0. The lowest BCUT2D eigenvalue weighted by Gasteiger charge is -2.24. The van der Waals surface area contributed by atoms with E-state index in [2.05, 4.69) is 37.3 Å². The minimum absolute atomic E-state index is 0.189. The summed E-state index contributed by atoms with van der Waals surface area (Å²) in [5.41, 5.74) is 5.38. The van der Waals surface area contributed by atoms with Gasteiger partial charge in [-0.3, -0.25) is 4.79 Å². The van der Waals surface area contributed by atoms with Crippen molar-refractivity contribution in [2.45, 2.75) is 44.3 Å². The van der Waals surface area contributed by atoms with Crippen LogP contribution in [-0.2, 0) is 9.53 Å². The summed E-state index contributed by atoms with van der Waals surface area (Å²) in [6.07, 6.45) is 13.8. The molecule has 3 nitrogen and oxygen atoms in total. The van der Waals surface area contributed by atoms with Crippen LogP contribution < -0.4 is 0 Å². The number of carbonyl (C=O) groups is 2. The van der Waals surface area contributed by atoms with Crippen molar-refractivity contribution in [3.05, 3.63) is 108 Å². The molecule has 0 spiro atoms. The highest BCUT2D eigenvalue weighted by Crippen LogP contribution is 2.24. The molecule has 0 unspecified atom stereocenters. The zero-order valence-electron chi connectivity index (χ0n) is 20.1. The quantitative estimate of drug-likeness (QED) is 0.152. The first-order chi connectivity index (χ1) is 16.4. The van der Waals surface area contributed by atoms with Gasteiger partial charge in [-0.1, -0.05) is 47.4 Å². The number of hydrogen-bond acceptors (Lipinski definition) is 3. The zero-order chi connectivity index (χ0) is 24.8. The summed E-state index contributed by atoms with van der Waals surface area (Å²) in [7, 11) is -1.76. The number of hydrogen-bond donors (Lipinski definition) is 0. The maximum Gasteiger partial charge on any atom is 0.338 e. The molecule has 0 saturated carbocycles. The third-order valence-electron chi connectivity index (χ3n) is 5.82. The minimum Gasteiger partial charge on any atom is -0.458 e. The largest absolute Gasteiger partial charge is 0.458 e. The van der Waals surface area contributed by atoms with E-state index in [9.17, 15) is 9.59 Å². The maximum atomic E-state index is 12.4. The van der Waals surface area contributed by atoms with Crippen molar-refractivity contribution in [3.8, 4) is 11.8 Å². The Morgan fingerprint density at radius 1 is 1.06 bits per heavy atom. The van der Waals surface area contributed by atoms with Crippen LogP contribution in [0.5, 0.6) is 0 Å². The summed E-state index contributed by atoms with van der Waals surface area (Å²) in [6.45, 7) is 13.9. The zero-order valence-corrected chi connectivity index (χ0v) is 21.1. The van der Waals surface area contributed by atoms with Crippen molar-refractivity contribution in [2.24, 2.45) is 0 Å². The van der Waals surface area contributed by atoms with Crippen LogP contribution in [0.15, 0.2) is 97.3 Å². The molecule has 0 radical (unpaired) electrons. The summed E-state index contributed by atoms with van der Waals surface area (Å²) in [6, 6.07) is 9.80. The average molecular weight is 471 g/mol. The van der Waals surface area contributed by atoms with Crippen LogP contribution in [0.25, 0.3) is 0 Å². The Balaban J connectivity index is 1.93. The highest BCUT2D eigenvalue weighted by molar-refractivity contribution is 6.85. The Morgan fingerprint density at radius 2 is 1.71 bits per heavy atom. The Labute approximate surface area is 205 Å². The third kappa shape index (κ3) is 8.17. The fourth-order valence-electron chi connectivity index (χ4n) is 4.02.